The monoisotopic (exact) mass is 264 g/mol. The van der Waals surface area contributed by atoms with E-state index in [4.69, 9.17) is 0 Å². The Labute approximate surface area is 117 Å². The van der Waals surface area contributed by atoms with Crippen LogP contribution in [0.1, 0.15) is 33.3 Å². The summed E-state index contributed by atoms with van der Waals surface area (Å²) in [5, 5.41) is 7.86. The smallest absolute Gasteiger partial charge is 0.0522 e. The van der Waals surface area contributed by atoms with Gasteiger partial charge < -0.3 is 5.32 Å². The Morgan fingerprint density at radius 1 is 1.42 bits per heavy atom. The van der Waals surface area contributed by atoms with Crippen molar-refractivity contribution in [1.29, 1.82) is 0 Å². The maximum absolute atomic E-state index is 4.25. The van der Waals surface area contributed by atoms with E-state index in [2.05, 4.69) is 49.2 Å². The van der Waals surface area contributed by atoms with Crippen LogP contribution >= 0.6 is 0 Å². The number of aromatic nitrogens is 2. The van der Waals surface area contributed by atoms with Crippen molar-refractivity contribution in [2.24, 2.45) is 12.5 Å². The highest BCUT2D eigenvalue weighted by Gasteiger charge is 2.33. The van der Waals surface area contributed by atoms with Gasteiger partial charge in [0.1, 0.15) is 0 Å². The summed E-state index contributed by atoms with van der Waals surface area (Å²) in [6.45, 7) is 12.7. The largest absolute Gasteiger partial charge is 0.311 e. The predicted octanol–water partition coefficient (Wildman–Crippen LogP) is 1.67. The summed E-state index contributed by atoms with van der Waals surface area (Å²) in [6.07, 6.45) is 5.20. The van der Waals surface area contributed by atoms with E-state index in [1.807, 2.05) is 17.9 Å². The first kappa shape index (κ1) is 14.5. The van der Waals surface area contributed by atoms with Gasteiger partial charge in [0.05, 0.1) is 6.20 Å². The predicted molar refractivity (Wildman–Crippen MR) is 79.2 cm³/mol. The summed E-state index contributed by atoms with van der Waals surface area (Å²) in [7, 11) is 1.98. The average molecular weight is 264 g/mol. The normalized spacial score (nSPS) is 25.7. The SMILES string of the molecule is CC1CN(CCc2cnn(C)c2)C(C(C)(C)C)CN1. The fraction of sp³-hybridized carbons (Fsp3) is 0.800. The van der Waals surface area contributed by atoms with E-state index in [0.717, 1.165) is 26.1 Å². The lowest BCUT2D eigenvalue weighted by Gasteiger charge is -2.45. The summed E-state index contributed by atoms with van der Waals surface area (Å²) >= 11 is 0. The highest BCUT2D eigenvalue weighted by molar-refractivity contribution is 5.04. The second-order valence-corrected chi connectivity index (χ2v) is 6.96. The highest BCUT2D eigenvalue weighted by Crippen LogP contribution is 2.26. The van der Waals surface area contributed by atoms with Crippen molar-refractivity contribution in [3.8, 4) is 0 Å². The van der Waals surface area contributed by atoms with E-state index in [1.165, 1.54) is 5.56 Å². The molecule has 1 aliphatic rings. The first-order chi connectivity index (χ1) is 8.86. The zero-order chi connectivity index (χ0) is 14.0. The minimum Gasteiger partial charge on any atom is -0.311 e. The van der Waals surface area contributed by atoms with E-state index in [0.29, 0.717) is 17.5 Å². The summed E-state index contributed by atoms with van der Waals surface area (Å²) in [5.74, 6) is 0. The Balaban J connectivity index is 1.98. The molecule has 1 fully saturated rings. The van der Waals surface area contributed by atoms with Crippen LogP contribution in [0, 0.1) is 5.41 Å². The molecular formula is C15H28N4. The first-order valence-corrected chi connectivity index (χ1v) is 7.31. The number of aryl methyl sites for hydroxylation is 1. The summed E-state index contributed by atoms with van der Waals surface area (Å²) in [5.41, 5.74) is 1.66. The van der Waals surface area contributed by atoms with Crippen molar-refractivity contribution >= 4 is 0 Å². The molecule has 0 amide bonds. The molecule has 0 radical (unpaired) electrons. The minimum atomic E-state index is 0.322. The molecule has 0 saturated carbocycles. The molecule has 19 heavy (non-hydrogen) atoms. The number of nitrogens with zero attached hydrogens (tertiary/aromatic N) is 3. The third-order valence-electron chi connectivity index (χ3n) is 4.05. The van der Waals surface area contributed by atoms with Gasteiger partial charge in [-0.1, -0.05) is 20.8 Å². The molecule has 1 aromatic rings. The molecule has 1 aliphatic heterocycles. The molecule has 0 spiro atoms. The van der Waals surface area contributed by atoms with Crippen molar-refractivity contribution in [3.05, 3.63) is 18.0 Å². The molecule has 0 bridgehead atoms. The van der Waals surface area contributed by atoms with Gasteiger partial charge in [-0.25, -0.2) is 0 Å². The third kappa shape index (κ3) is 3.80. The Morgan fingerprint density at radius 3 is 2.74 bits per heavy atom. The molecule has 2 heterocycles. The van der Waals surface area contributed by atoms with Crippen LogP contribution in [-0.2, 0) is 13.5 Å². The van der Waals surface area contributed by atoms with Gasteiger partial charge in [0, 0.05) is 45.0 Å². The second-order valence-electron chi connectivity index (χ2n) is 6.96. The minimum absolute atomic E-state index is 0.322. The number of hydrogen-bond acceptors (Lipinski definition) is 3. The molecule has 0 aliphatic carbocycles. The fourth-order valence-electron chi connectivity index (χ4n) is 2.96. The Hall–Kier alpha value is -0.870. The molecule has 2 unspecified atom stereocenters. The Kier molecular flexibility index (Phi) is 4.31. The van der Waals surface area contributed by atoms with Crippen LogP contribution in [0.3, 0.4) is 0 Å². The number of nitrogens with one attached hydrogen (secondary N) is 1. The molecule has 2 rings (SSSR count). The molecule has 4 heteroatoms. The van der Waals surface area contributed by atoms with Crippen LogP contribution in [0.4, 0.5) is 0 Å². The molecule has 1 N–H and O–H groups in total. The van der Waals surface area contributed by atoms with E-state index in [1.54, 1.807) is 0 Å². The molecule has 0 aromatic carbocycles. The van der Waals surface area contributed by atoms with E-state index in [-0.39, 0.29) is 0 Å². The highest BCUT2D eigenvalue weighted by atomic mass is 15.2. The summed E-state index contributed by atoms with van der Waals surface area (Å²) < 4.78 is 1.89. The Morgan fingerprint density at radius 2 is 2.16 bits per heavy atom. The molecule has 1 aromatic heterocycles. The van der Waals surface area contributed by atoms with Gasteiger partial charge in [0.15, 0.2) is 0 Å². The van der Waals surface area contributed by atoms with E-state index < -0.39 is 0 Å². The van der Waals surface area contributed by atoms with Crippen LogP contribution in [0.2, 0.25) is 0 Å². The van der Waals surface area contributed by atoms with Crippen LogP contribution < -0.4 is 5.32 Å². The summed E-state index contributed by atoms with van der Waals surface area (Å²) in [6, 6.07) is 1.20. The molecule has 4 nitrogen and oxygen atoms in total. The summed E-state index contributed by atoms with van der Waals surface area (Å²) in [4.78, 5) is 2.65. The quantitative estimate of drug-likeness (QED) is 0.901. The molecule has 1 saturated heterocycles. The van der Waals surface area contributed by atoms with Gasteiger partial charge in [-0.2, -0.15) is 5.10 Å². The average Bonchev–Trinajstić information content (AvgIpc) is 2.71. The van der Waals surface area contributed by atoms with Gasteiger partial charge in [-0.3, -0.25) is 9.58 Å². The lowest BCUT2D eigenvalue weighted by atomic mass is 9.84. The van der Waals surface area contributed by atoms with E-state index >= 15 is 0 Å². The molecule has 2 atom stereocenters. The van der Waals surface area contributed by atoms with Gasteiger partial charge in [-0.05, 0) is 24.3 Å². The van der Waals surface area contributed by atoms with Gasteiger partial charge in [0.25, 0.3) is 0 Å². The van der Waals surface area contributed by atoms with Crippen LogP contribution in [0.5, 0.6) is 0 Å². The van der Waals surface area contributed by atoms with Crippen LogP contribution in [-0.4, -0.2) is 46.4 Å². The fourth-order valence-corrected chi connectivity index (χ4v) is 2.96. The lowest BCUT2D eigenvalue weighted by molar-refractivity contribution is 0.0601. The van der Waals surface area contributed by atoms with Crippen LogP contribution in [0.15, 0.2) is 12.4 Å². The first-order valence-electron chi connectivity index (χ1n) is 7.31. The van der Waals surface area contributed by atoms with Gasteiger partial charge in [0.2, 0.25) is 0 Å². The van der Waals surface area contributed by atoms with Crippen molar-refractivity contribution in [1.82, 2.24) is 20.0 Å². The molecule has 108 valence electrons. The van der Waals surface area contributed by atoms with Gasteiger partial charge in [-0.15, -0.1) is 0 Å². The lowest BCUT2D eigenvalue weighted by Crippen LogP contribution is -2.60. The van der Waals surface area contributed by atoms with Crippen molar-refractivity contribution in [2.75, 3.05) is 19.6 Å². The standard InChI is InChI=1S/C15H28N4/c1-12-10-19(14(9-16-12)15(2,3)4)7-6-13-8-17-18(5)11-13/h8,11-12,14,16H,6-7,9-10H2,1-5H3. The maximum Gasteiger partial charge on any atom is 0.0522 e. The van der Waals surface area contributed by atoms with Crippen molar-refractivity contribution in [2.45, 2.75) is 46.2 Å². The number of hydrogen-bond donors (Lipinski definition) is 1. The zero-order valence-corrected chi connectivity index (χ0v) is 13.0. The number of rotatable bonds is 3. The maximum atomic E-state index is 4.25. The third-order valence-corrected chi connectivity index (χ3v) is 4.05. The zero-order valence-electron chi connectivity index (χ0n) is 13.0. The van der Waals surface area contributed by atoms with Crippen molar-refractivity contribution in [3.63, 3.8) is 0 Å². The molecular weight excluding hydrogens is 236 g/mol. The van der Waals surface area contributed by atoms with Gasteiger partial charge >= 0.3 is 0 Å². The van der Waals surface area contributed by atoms with Crippen molar-refractivity contribution < 1.29 is 0 Å². The number of piperazine rings is 1. The second kappa shape index (κ2) is 5.63. The topological polar surface area (TPSA) is 33.1 Å². The van der Waals surface area contributed by atoms with Crippen LogP contribution in [0.25, 0.3) is 0 Å². The van der Waals surface area contributed by atoms with E-state index in [9.17, 15) is 0 Å². The Bertz CT molecular complexity index is 405.